The van der Waals surface area contributed by atoms with Crippen LogP contribution in [0, 0.1) is 6.92 Å². The summed E-state index contributed by atoms with van der Waals surface area (Å²) in [4.78, 5) is 32.4. The first-order valence-electron chi connectivity index (χ1n) is 15.7. The molecule has 0 bridgehead atoms. The number of carbonyl (C=O) groups is 2. The van der Waals surface area contributed by atoms with Gasteiger partial charge in [-0.25, -0.2) is 0 Å². The number of rotatable bonds is 15. The lowest BCUT2D eigenvalue weighted by Gasteiger charge is -2.34. The van der Waals surface area contributed by atoms with Crippen molar-refractivity contribution in [2.75, 3.05) is 39.0 Å². The van der Waals surface area contributed by atoms with Crippen molar-refractivity contribution in [3.63, 3.8) is 0 Å². The standard InChI is InChI=1S/C35H43F3N4O3S/c1-5-7-9-10-16-41(4)32(43)27-12-11-26(25(3)21-27)13-20-46-42-17-14-34(15-18-42)33(44)39-31(40-34)28-22-29(35(36,37)38)24-30(23-28)45-19-8-6-2/h5-6,11-12,21-24H,1-2,7-10,13-20H2,3-4H3,(H,39,40,44). The van der Waals surface area contributed by atoms with Crippen LogP contribution >= 0.6 is 11.9 Å². The molecule has 2 aliphatic rings. The second kappa shape index (κ2) is 15.8. The molecule has 0 aromatic heterocycles. The van der Waals surface area contributed by atoms with E-state index in [0.717, 1.165) is 49.1 Å². The Morgan fingerprint density at radius 2 is 1.87 bits per heavy atom. The maximum absolute atomic E-state index is 13.6. The lowest BCUT2D eigenvalue weighted by atomic mass is 9.89. The molecule has 1 N–H and O–H groups in total. The minimum Gasteiger partial charge on any atom is -0.493 e. The van der Waals surface area contributed by atoms with E-state index in [-0.39, 0.29) is 35.6 Å². The Hall–Kier alpha value is -3.57. The quantitative estimate of drug-likeness (QED) is 0.127. The van der Waals surface area contributed by atoms with Crippen molar-refractivity contribution in [2.45, 2.75) is 63.6 Å². The summed E-state index contributed by atoms with van der Waals surface area (Å²) in [6, 6.07) is 9.32. The number of halogens is 3. The lowest BCUT2D eigenvalue weighted by molar-refractivity contribution is -0.137. The molecule has 1 saturated heterocycles. The van der Waals surface area contributed by atoms with E-state index in [4.69, 9.17) is 4.74 Å². The summed E-state index contributed by atoms with van der Waals surface area (Å²) in [6.45, 7) is 11.5. The number of hydrogen-bond donors (Lipinski definition) is 1. The summed E-state index contributed by atoms with van der Waals surface area (Å²) in [7, 11) is 1.84. The van der Waals surface area contributed by atoms with Gasteiger partial charge >= 0.3 is 6.18 Å². The number of nitrogens with one attached hydrogen (secondary N) is 1. The van der Waals surface area contributed by atoms with Gasteiger partial charge in [-0.05, 0) is 93.3 Å². The van der Waals surface area contributed by atoms with Crippen molar-refractivity contribution in [2.24, 2.45) is 4.99 Å². The van der Waals surface area contributed by atoms with Crippen LogP contribution in [0.25, 0.3) is 0 Å². The van der Waals surface area contributed by atoms with Gasteiger partial charge in [-0.3, -0.25) is 18.9 Å². The molecule has 4 rings (SSSR count). The Morgan fingerprint density at radius 1 is 1.13 bits per heavy atom. The second-order valence-electron chi connectivity index (χ2n) is 11.8. The molecular weight excluding hydrogens is 613 g/mol. The average molecular weight is 657 g/mol. The van der Waals surface area contributed by atoms with Crippen molar-refractivity contribution >= 4 is 29.6 Å². The predicted molar refractivity (Wildman–Crippen MR) is 178 cm³/mol. The number of amidine groups is 1. The van der Waals surface area contributed by atoms with E-state index in [1.807, 2.05) is 38.2 Å². The first kappa shape index (κ1) is 35.3. The van der Waals surface area contributed by atoms with E-state index in [0.29, 0.717) is 44.5 Å². The van der Waals surface area contributed by atoms with Gasteiger partial charge in [0.1, 0.15) is 17.1 Å². The Bertz CT molecular complexity index is 1450. The average Bonchev–Trinajstić information content (AvgIpc) is 3.35. The largest absolute Gasteiger partial charge is 0.493 e. The molecule has 7 nitrogen and oxygen atoms in total. The van der Waals surface area contributed by atoms with Gasteiger partial charge in [-0.15, -0.1) is 13.2 Å². The Kier molecular flexibility index (Phi) is 12.1. The fourth-order valence-electron chi connectivity index (χ4n) is 5.57. The molecule has 2 aromatic carbocycles. The zero-order chi connectivity index (χ0) is 33.3. The third-order valence-electron chi connectivity index (χ3n) is 8.36. The van der Waals surface area contributed by atoms with Crippen LogP contribution in [0.3, 0.4) is 0 Å². The number of aliphatic imine (C=N–C) groups is 1. The first-order chi connectivity index (χ1) is 22.0. The van der Waals surface area contributed by atoms with Crippen molar-refractivity contribution in [3.05, 3.63) is 89.5 Å². The van der Waals surface area contributed by atoms with Gasteiger partial charge in [0.15, 0.2) is 0 Å². The molecule has 11 heteroatoms. The molecule has 248 valence electrons. The van der Waals surface area contributed by atoms with Crippen molar-refractivity contribution in [1.82, 2.24) is 14.5 Å². The van der Waals surface area contributed by atoms with E-state index >= 15 is 0 Å². The molecule has 0 radical (unpaired) electrons. The number of aryl methyl sites for hydroxylation is 2. The summed E-state index contributed by atoms with van der Waals surface area (Å²) in [6.07, 6.45) is 4.12. The van der Waals surface area contributed by atoms with Gasteiger partial charge in [0, 0.05) is 43.6 Å². The molecular formula is C35H43F3N4O3S. The summed E-state index contributed by atoms with van der Waals surface area (Å²) in [5.41, 5.74) is 1.27. The maximum atomic E-state index is 13.6. The van der Waals surface area contributed by atoms with E-state index in [1.54, 1.807) is 22.9 Å². The Morgan fingerprint density at radius 3 is 2.54 bits per heavy atom. The molecule has 2 aromatic rings. The highest BCUT2D eigenvalue weighted by molar-refractivity contribution is 7.97. The third-order valence-corrected chi connectivity index (χ3v) is 9.48. The van der Waals surface area contributed by atoms with E-state index in [1.165, 1.54) is 11.6 Å². The topological polar surface area (TPSA) is 74.2 Å². The van der Waals surface area contributed by atoms with Crippen molar-refractivity contribution < 1.29 is 27.5 Å². The zero-order valence-electron chi connectivity index (χ0n) is 26.6. The smallest absolute Gasteiger partial charge is 0.416 e. The van der Waals surface area contributed by atoms with Gasteiger partial charge in [0.25, 0.3) is 11.8 Å². The van der Waals surface area contributed by atoms with Crippen LogP contribution in [0.1, 0.15) is 71.1 Å². The van der Waals surface area contributed by atoms with Crippen LogP contribution in [-0.2, 0) is 17.4 Å². The van der Waals surface area contributed by atoms with Crippen LogP contribution in [0.2, 0.25) is 0 Å². The fourth-order valence-corrected chi connectivity index (χ4v) is 6.58. The molecule has 46 heavy (non-hydrogen) atoms. The first-order valence-corrected chi connectivity index (χ1v) is 16.6. The van der Waals surface area contributed by atoms with Gasteiger partial charge < -0.3 is 15.0 Å². The van der Waals surface area contributed by atoms with Crippen LogP contribution in [0.4, 0.5) is 13.2 Å². The van der Waals surface area contributed by atoms with Gasteiger partial charge in [0.05, 0.1) is 12.2 Å². The molecule has 1 fully saturated rings. The van der Waals surface area contributed by atoms with E-state index < -0.39 is 17.3 Å². The maximum Gasteiger partial charge on any atom is 0.416 e. The number of alkyl halides is 3. The molecule has 0 atom stereocenters. The number of hydrogen-bond acceptors (Lipinski definition) is 6. The molecule has 2 aliphatic heterocycles. The lowest BCUT2D eigenvalue weighted by Crippen LogP contribution is -2.47. The number of ether oxygens (including phenoxy) is 1. The molecule has 2 amide bonds. The monoisotopic (exact) mass is 656 g/mol. The Labute approximate surface area is 274 Å². The van der Waals surface area contributed by atoms with Crippen LogP contribution in [0.15, 0.2) is 66.7 Å². The predicted octanol–water partition coefficient (Wildman–Crippen LogP) is 7.00. The van der Waals surface area contributed by atoms with E-state index in [2.05, 4.69) is 27.8 Å². The molecule has 2 heterocycles. The number of amides is 2. The molecule has 0 saturated carbocycles. The molecule has 0 aliphatic carbocycles. The highest BCUT2D eigenvalue weighted by Crippen LogP contribution is 2.36. The highest BCUT2D eigenvalue weighted by Gasteiger charge is 2.46. The minimum atomic E-state index is -4.57. The number of piperidine rings is 1. The van der Waals surface area contributed by atoms with Gasteiger partial charge in [-0.2, -0.15) is 13.2 Å². The van der Waals surface area contributed by atoms with Gasteiger partial charge in [0.2, 0.25) is 0 Å². The number of carbonyl (C=O) groups excluding carboxylic acids is 2. The second-order valence-corrected chi connectivity index (χ2v) is 13.0. The van der Waals surface area contributed by atoms with Crippen LogP contribution in [-0.4, -0.2) is 71.4 Å². The van der Waals surface area contributed by atoms with Crippen LogP contribution in [0.5, 0.6) is 5.75 Å². The number of unbranched alkanes of at least 4 members (excludes halogenated alkanes) is 2. The minimum absolute atomic E-state index is 0.0250. The summed E-state index contributed by atoms with van der Waals surface area (Å²) < 4.78 is 48.6. The SMILES string of the molecule is C=CCCCCN(C)C(=O)c1ccc(CCSN2CCC3(CC2)N=C(c2cc(OCCC=C)cc(C(F)(F)F)c2)NC3=O)c(C)c1. The summed E-state index contributed by atoms with van der Waals surface area (Å²) in [5.74, 6) is 0.782. The van der Waals surface area contributed by atoms with Gasteiger partial charge in [-0.1, -0.05) is 30.2 Å². The van der Waals surface area contributed by atoms with Crippen molar-refractivity contribution in [1.29, 1.82) is 0 Å². The normalized spacial score (nSPS) is 16.2. The number of nitrogens with zero attached hydrogens (tertiary/aromatic N) is 3. The molecule has 1 spiro atoms. The Balaban J connectivity index is 1.32. The number of allylic oxidation sites excluding steroid dienone is 1. The fraction of sp³-hybridized carbons (Fsp3) is 0.457. The summed E-state index contributed by atoms with van der Waals surface area (Å²) >= 11 is 1.71. The van der Waals surface area contributed by atoms with Crippen molar-refractivity contribution in [3.8, 4) is 5.75 Å². The van der Waals surface area contributed by atoms with E-state index in [9.17, 15) is 22.8 Å². The zero-order valence-corrected chi connectivity index (χ0v) is 27.4. The highest BCUT2D eigenvalue weighted by atomic mass is 32.2. The van der Waals surface area contributed by atoms with Crippen LogP contribution < -0.4 is 10.1 Å². The summed E-state index contributed by atoms with van der Waals surface area (Å²) in [5, 5.41) is 2.74. The number of benzene rings is 2. The molecule has 0 unspecified atom stereocenters. The third kappa shape index (κ3) is 9.03.